The molecule has 6 nitrogen and oxygen atoms in total. The SMILES string of the molecule is Cc1cc(NC(=O)[C@@H](C)N2CCC(O)CC2)on1. The number of aliphatic hydroxyl groups excluding tert-OH is 1. The number of piperidine rings is 1. The van der Waals surface area contributed by atoms with Crippen molar-refractivity contribution >= 4 is 11.8 Å². The molecule has 0 aliphatic carbocycles. The van der Waals surface area contributed by atoms with Gasteiger partial charge in [-0.05, 0) is 26.7 Å². The first-order valence-electron chi connectivity index (χ1n) is 6.22. The number of likely N-dealkylation sites (tertiary alicyclic amines) is 1. The molecule has 0 aromatic carbocycles. The normalized spacial score (nSPS) is 19.7. The average Bonchev–Trinajstić information content (AvgIpc) is 2.75. The lowest BCUT2D eigenvalue weighted by atomic mass is 10.1. The number of anilines is 1. The minimum atomic E-state index is -0.233. The van der Waals surface area contributed by atoms with E-state index in [0.717, 1.165) is 31.6 Å². The lowest BCUT2D eigenvalue weighted by Crippen LogP contribution is -2.46. The number of aryl methyl sites for hydroxylation is 1. The summed E-state index contributed by atoms with van der Waals surface area (Å²) < 4.78 is 4.95. The number of amides is 1. The van der Waals surface area contributed by atoms with Gasteiger partial charge in [0.15, 0.2) is 0 Å². The van der Waals surface area contributed by atoms with Crippen LogP contribution in [0.3, 0.4) is 0 Å². The zero-order valence-corrected chi connectivity index (χ0v) is 10.7. The molecule has 1 aromatic rings. The summed E-state index contributed by atoms with van der Waals surface area (Å²) in [7, 11) is 0. The highest BCUT2D eigenvalue weighted by molar-refractivity contribution is 5.93. The Morgan fingerprint density at radius 2 is 2.28 bits per heavy atom. The molecule has 100 valence electrons. The zero-order chi connectivity index (χ0) is 13.1. The Bertz CT molecular complexity index is 410. The lowest BCUT2D eigenvalue weighted by molar-refractivity contribution is -0.121. The second-order valence-corrected chi connectivity index (χ2v) is 4.76. The first-order chi connectivity index (χ1) is 8.56. The summed E-state index contributed by atoms with van der Waals surface area (Å²) in [5, 5.41) is 15.8. The number of aliphatic hydroxyl groups is 1. The van der Waals surface area contributed by atoms with E-state index >= 15 is 0 Å². The van der Waals surface area contributed by atoms with Crippen LogP contribution in [0, 0.1) is 6.92 Å². The van der Waals surface area contributed by atoms with E-state index in [1.165, 1.54) is 0 Å². The molecule has 0 bridgehead atoms. The molecule has 2 rings (SSSR count). The standard InChI is InChI=1S/C12H19N3O3/c1-8-7-11(18-14-8)13-12(17)9(2)15-5-3-10(16)4-6-15/h7,9-10,16H,3-6H2,1-2H3,(H,13,17)/t9-/m1/s1. The van der Waals surface area contributed by atoms with Gasteiger partial charge < -0.3 is 9.63 Å². The molecule has 1 aromatic heterocycles. The maximum Gasteiger partial charge on any atom is 0.243 e. The van der Waals surface area contributed by atoms with Crippen molar-refractivity contribution in [1.82, 2.24) is 10.1 Å². The highest BCUT2D eigenvalue weighted by atomic mass is 16.5. The van der Waals surface area contributed by atoms with E-state index in [1.807, 2.05) is 6.92 Å². The predicted octanol–water partition coefficient (Wildman–Crippen LogP) is 0.767. The van der Waals surface area contributed by atoms with Gasteiger partial charge >= 0.3 is 0 Å². The highest BCUT2D eigenvalue weighted by Crippen LogP contribution is 2.15. The number of rotatable bonds is 3. The molecule has 0 unspecified atom stereocenters. The number of nitrogens with zero attached hydrogens (tertiary/aromatic N) is 2. The maximum atomic E-state index is 12.0. The molecule has 2 N–H and O–H groups in total. The van der Waals surface area contributed by atoms with E-state index < -0.39 is 0 Å². The van der Waals surface area contributed by atoms with E-state index in [2.05, 4.69) is 15.4 Å². The van der Waals surface area contributed by atoms with E-state index in [4.69, 9.17) is 4.52 Å². The van der Waals surface area contributed by atoms with E-state index in [1.54, 1.807) is 13.0 Å². The van der Waals surface area contributed by atoms with Crippen LogP contribution in [-0.4, -0.2) is 46.3 Å². The molecule has 0 saturated carbocycles. The number of hydrogen-bond donors (Lipinski definition) is 2. The molecule has 0 spiro atoms. The highest BCUT2D eigenvalue weighted by Gasteiger charge is 2.26. The molecule has 1 aliphatic heterocycles. The van der Waals surface area contributed by atoms with E-state index in [9.17, 15) is 9.90 Å². The summed E-state index contributed by atoms with van der Waals surface area (Å²) in [6.45, 7) is 5.14. The molecule has 1 atom stereocenters. The molecule has 0 radical (unpaired) electrons. The summed E-state index contributed by atoms with van der Waals surface area (Å²) in [4.78, 5) is 14.1. The predicted molar refractivity (Wildman–Crippen MR) is 66.1 cm³/mol. The van der Waals surface area contributed by atoms with Crippen molar-refractivity contribution in [3.8, 4) is 0 Å². The van der Waals surface area contributed by atoms with Crippen molar-refractivity contribution in [2.75, 3.05) is 18.4 Å². The summed E-state index contributed by atoms with van der Waals surface area (Å²) in [6, 6.07) is 1.45. The van der Waals surface area contributed by atoms with Crippen LogP contribution in [0.25, 0.3) is 0 Å². The molecule has 6 heteroatoms. The summed E-state index contributed by atoms with van der Waals surface area (Å²) >= 11 is 0. The number of nitrogens with one attached hydrogen (secondary N) is 1. The summed E-state index contributed by atoms with van der Waals surface area (Å²) in [5.41, 5.74) is 0.735. The van der Waals surface area contributed by atoms with Crippen LogP contribution in [0.1, 0.15) is 25.5 Å². The molecule has 2 heterocycles. The molecule has 1 amide bonds. The monoisotopic (exact) mass is 253 g/mol. The number of carbonyl (C=O) groups excluding carboxylic acids is 1. The molecular weight excluding hydrogens is 234 g/mol. The fourth-order valence-electron chi connectivity index (χ4n) is 2.09. The van der Waals surface area contributed by atoms with Crippen LogP contribution in [0.4, 0.5) is 5.88 Å². The van der Waals surface area contributed by atoms with E-state index in [0.29, 0.717) is 5.88 Å². The van der Waals surface area contributed by atoms with Gasteiger partial charge in [-0.1, -0.05) is 5.16 Å². The van der Waals surface area contributed by atoms with Crippen molar-refractivity contribution in [2.24, 2.45) is 0 Å². The van der Waals surface area contributed by atoms with E-state index in [-0.39, 0.29) is 18.1 Å². The number of carbonyl (C=O) groups is 1. The van der Waals surface area contributed by atoms with Gasteiger partial charge in [0, 0.05) is 19.2 Å². The summed E-state index contributed by atoms with van der Waals surface area (Å²) in [5.74, 6) is 0.268. The third-order valence-electron chi connectivity index (χ3n) is 3.30. The third-order valence-corrected chi connectivity index (χ3v) is 3.30. The topological polar surface area (TPSA) is 78.6 Å². The molecule has 1 saturated heterocycles. The Morgan fingerprint density at radius 3 is 2.83 bits per heavy atom. The van der Waals surface area contributed by atoms with Crippen LogP contribution in [0.15, 0.2) is 10.6 Å². The molecule has 1 aliphatic rings. The summed E-state index contributed by atoms with van der Waals surface area (Å²) in [6.07, 6.45) is 1.21. The Kier molecular flexibility index (Phi) is 3.98. The van der Waals surface area contributed by atoms with Crippen molar-refractivity contribution in [3.63, 3.8) is 0 Å². The second-order valence-electron chi connectivity index (χ2n) is 4.76. The van der Waals surface area contributed by atoms with Crippen LogP contribution in [-0.2, 0) is 4.79 Å². The Balaban J connectivity index is 1.88. The first-order valence-corrected chi connectivity index (χ1v) is 6.22. The number of hydrogen-bond acceptors (Lipinski definition) is 5. The fraction of sp³-hybridized carbons (Fsp3) is 0.667. The zero-order valence-electron chi connectivity index (χ0n) is 10.7. The van der Waals surface area contributed by atoms with Gasteiger partial charge in [0.25, 0.3) is 0 Å². The van der Waals surface area contributed by atoms with Crippen molar-refractivity contribution in [1.29, 1.82) is 0 Å². The number of aromatic nitrogens is 1. The van der Waals surface area contributed by atoms with Crippen molar-refractivity contribution < 1.29 is 14.4 Å². The maximum absolute atomic E-state index is 12.0. The van der Waals surface area contributed by atoms with Crippen molar-refractivity contribution in [2.45, 2.75) is 38.8 Å². The molecule has 1 fully saturated rings. The largest absolute Gasteiger partial charge is 0.393 e. The first kappa shape index (κ1) is 13.0. The van der Waals surface area contributed by atoms with Crippen LogP contribution in [0.2, 0.25) is 0 Å². The minimum Gasteiger partial charge on any atom is -0.393 e. The Labute approximate surface area is 106 Å². The van der Waals surface area contributed by atoms with Gasteiger partial charge in [0.2, 0.25) is 11.8 Å². The smallest absolute Gasteiger partial charge is 0.243 e. The van der Waals surface area contributed by atoms with Gasteiger partial charge in [0.1, 0.15) is 0 Å². The van der Waals surface area contributed by atoms with Gasteiger partial charge in [-0.15, -0.1) is 0 Å². The van der Waals surface area contributed by atoms with Gasteiger partial charge in [-0.25, -0.2) is 0 Å². The van der Waals surface area contributed by atoms with Gasteiger partial charge in [-0.3, -0.25) is 15.0 Å². The molecular formula is C12H19N3O3. The Morgan fingerprint density at radius 1 is 1.61 bits per heavy atom. The Hall–Kier alpha value is -1.40. The van der Waals surface area contributed by atoms with Crippen LogP contribution in [0.5, 0.6) is 0 Å². The van der Waals surface area contributed by atoms with Crippen LogP contribution >= 0.6 is 0 Å². The minimum absolute atomic E-state index is 0.109. The average molecular weight is 253 g/mol. The third kappa shape index (κ3) is 3.08. The van der Waals surface area contributed by atoms with Crippen LogP contribution < -0.4 is 5.32 Å². The fourth-order valence-corrected chi connectivity index (χ4v) is 2.09. The van der Waals surface area contributed by atoms with Crippen molar-refractivity contribution in [3.05, 3.63) is 11.8 Å². The quantitative estimate of drug-likeness (QED) is 0.831. The van der Waals surface area contributed by atoms with Gasteiger partial charge in [-0.2, -0.15) is 0 Å². The molecule has 18 heavy (non-hydrogen) atoms. The second kappa shape index (κ2) is 5.49. The lowest BCUT2D eigenvalue weighted by Gasteiger charge is -2.33. The van der Waals surface area contributed by atoms with Gasteiger partial charge in [0.05, 0.1) is 17.8 Å².